The molecule has 76 valence electrons. The van der Waals surface area contributed by atoms with Gasteiger partial charge in [-0.05, 0) is 44.0 Å². The zero-order chi connectivity index (χ0) is 10.2. The van der Waals surface area contributed by atoms with Crippen LogP contribution in [0.5, 0.6) is 0 Å². The van der Waals surface area contributed by atoms with Crippen LogP contribution in [0, 0.1) is 6.92 Å². The summed E-state index contributed by atoms with van der Waals surface area (Å²) in [6.45, 7) is 3.23. The van der Waals surface area contributed by atoms with Crippen molar-refractivity contribution >= 4 is 15.9 Å². The van der Waals surface area contributed by atoms with Crippen LogP contribution in [-0.4, -0.2) is 13.6 Å². The van der Waals surface area contributed by atoms with E-state index < -0.39 is 0 Å². The summed E-state index contributed by atoms with van der Waals surface area (Å²) in [5, 5.41) is 3.29. The summed E-state index contributed by atoms with van der Waals surface area (Å²) in [6.07, 6.45) is 2.65. The van der Waals surface area contributed by atoms with Crippen LogP contribution < -0.4 is 5.32 Å². The second-order valence-electron chi connectivity index (χ2n) is 4.27. The minimum Gasteiger partial charge on any atom is -0.319 e. The molecule has 2 rings (SSSR count). The Kier molecular flexibility index (Phi) is 2.67. The van der Waals surface area contributed by atoms with E-state index in [2.05, 4.69) is 46.4 Å². The number of rotatable bonds is 3. The lowest BCUT2D eigenvalue weighted by Gasteiger charge is -2.15. The fourth-order valence-electron chi connectivity index (χ4n) is 1.98. The van der Waals surface area contributed by atoms with Gasteiger partial charge in [-0.25, -0.2) is 0 Å². The third-order valence-corrected chi connectivity index (χ3v) is 4.01. The van der Waals surface area contributed by atoms with E-state index in [4.69, 9.17) is 0 Å². The molecule has 0 aromatic heterocycles. The smallest absolute Gasteiger partial charge is 0.0207 e. The van der Waals surface area contributed by atoms with Crippen molar-refractivity contribution in [3.63, 3.8) is 0 Å². The van der Waals surface area contributed by atoms with Gasteiger partial charge < -0.3 is 5.32 Å². The summed E-state index contributed by atoms with van der Waals surface area (Å²) in [4.78, 5) is 0. The Morgan fingerprint density at radius 3 is 2.64 bits per heavy atom. The molecule has 1 aromatic carbocycles. The molecule has 1 saturated carbocycles. The normalized spacial score (nSPS) is 18.2. The summed E-state index contributed by atoms with van der Waals surface area (Å²) < 4.78 is 1.23. The van der Waals surface area contributed by atoms with Crippen molar-refractivity contribution in [3.8, 4) is 0 Å². The Labute approximate surface area is 94.0 Å². The molecule has 0 radical (unpaired) electrons. The lowest BCUT2D eigenvalue weighted by Crippen LogP contribution is -2.23. The minimum atomic E-state index is 0.435. The SMILES string of the molecule is CNCC1(c2ccc(C)c(Br)c2)CC1. The highest BCUT2D eigenvalue weighted by Gasteiger charge is 2.43. The Balaban J connectivity index is 2.28. The van der Waals surface area contributed by atoms with Gasteiger partial charge in [-0.1, -0.05) is 28.1 Å². The van der Waals surface area contributed by atoms with E-state index in [-0.39, 0.29) is 0 Å². The molecule has 0 bridgehead atoms. The number of halogens is 1. The lowest BCUT2D eigenvalue weighted by molar-refractivity contribution is 0.624. The van der Waals surface area contributed by atoms with Gasteiger partial charge in [-0.3, -0.25) is 0 Å². The van der Waals surface area contributed by atoms with E-state index in [0.717, 1.165) is 6.54 Å². The van der Waals surface area contributed by atoms with Gasteiger partial charge >= 0.3 is 0 Å². The van der Waals surface area contributed by atoms with E-state index in [1.807, 2.05) is 7.05 Å². The summed E-state index contributed by atoms with van der Waals surface area (Å²) >= 11 is 3.60. The largest absolute Gasteiger partial charge is 0.319 e. The topological polar surface area (TPSA) is 12.0 Å². The molecule has 1 fully saturated rings. The first-order valence-corrected chi connectivity index (χ1v) is 5.88. The number of benzene rings is 1. The van der Waals surface area contributed by atoms with Crippen molar-refractivity contribution in [1.29, 1.82) is 0 Å². The Bertz CT molecular complexity index is 342. The van der Waals surface area contributed by atoms with Crippen LogP contribution in [0.2, 0.25) is 0 Å². The van der Waals surface area contributed by atoms with Gasteiger partial charge in [-0.2, -0.15) is 0 Å². The van der Waals surface area contributed by atoms with E-state index in [0.29, 0.717) is 5.41 Å². The molecule has 0 spiro atoms. The van der Waals surface area contributed by atoms with Gasteiger partial charge in [0.1, 0.15) is 0 Å². The summed E-state index contributed by atoms with van der Waals surface area (Å²) in [5.74, 6) is 0. The Morgan fingerprint density at radius 1 is 1.43 bits per heavy atom. The molecule has 2 heteroatoms. The van der Waals surface area contributed by atoms with Crippen LogP contribution in [0.1, 0.15) is 24.0 Å². The molecule has 1 aromatic rings. The molecule has 1 aliphatic rings. The molecule has 0 unspecified atom stereocenters. The molecular weight excluding hydrogens is 238 g/mol. The summed E-state index contributed by atoms with van der Waals surface area (Å²) in [6, 6.07) is 6.75. The molecule has 1 nitrogen and oxygen atoms in total. The van der Waals surface area contributed by atoms with Crippen molar-refractivity contribution in [1.82, 2.24) is 5.32 Å². The fraction of sp³-hybridized carbons (Fsp3) is 0.500. The van der Waals surface area contributed by atoms with Crippen LogP contribution in [0.15, 0.2) is 22.7 Å². The predicted octanol–water partition coefficient (Wildman–Crippen LogP) is 3.01. The molecule has 0 aliphatic heterocycles. The predicted molar refractivity (Wildman–Crippen MR) is 63.7 cm³/mol. The number of nitrogens with one attached hydrogen (secondary N) is 1. The highest BCUT2D eigenvalue weighted by atomic mass is 79.9. The van der Waals surface area contributed by atoms with Crippen LogP contribution in [-0.2, 0) is 5.41 Å². The second kappa shape index (κ2) is 3.67. The molecular formula is C12H16BrN. The van der Waals surface area contributed by atoms with Gasteiger partial charge in [0.15, 0.2) is 0 Å². The zero-order valence-electron chi connectivity index (χ0n) is 8.73. The highest BCUT2D eigenvalue weighted by Crippen LogP contribution is 2.48. The second-order valence-corrected chi connectivity index (χ2v) is 5.13. The average molecular weight is 254 g/mol. The highest BCUT2D eigenvalue weighted by molar-refractivity contribution is 9.10. The van der Waals surface area contributed by atoms with E-state index >= 15 is 0 Å². The van der Waals surface area contributed by atoms with E-state index in [1.54, 1.807) is 0 Å². The van der Waals surface area contributed by atoms with Crippen molar-refractivity contribution < 1.29 is 0 Å². The minimum absolute atomic E-state index is 0.435. The fourth-order valence-corrected chi connectivity index (χ4v) is 2.36. The summed E-state index contributed by atoms with van der Waals surface area (Å²) in [5.41, 5.74) is 3.23. The van der Waals surface area contributed by atoms with Gasteiger partial charge in [0.25, 0.3) is 0 Å². The van der Waals surface area contributed by atoms with Gasteiger partial charge in [0.05, 0.1) is 0 Å². The van der Waals surface area contributed by atoms with Crippen LogP contribution in [0.25, 0.3) is 0 Å². The standard InChI is InChI=1S/C12H16BrN/c1-9-3-4-10(7-11(9)13)12(5-6-12)8-14-2/h3-4,7,14H,5-6,8H2,1-2H3. The molecule has 1 N–H and O–H groups in total. The Hall–Kier alpha value is -0.340. The number of aryl methyl sites for hydroxylation is 1. The third kappa shape index (κ3) is 1.73. The first-order valence-electron chi connectivity index (χ1n) is 5.09. The van der Waals surface area contributed by atoms with Crippen LogP contribution in [0.4, 0.5) is 0 Å². The lowest BCUT2D eigenvalue weighted by atomic mass is 9.95. The molecule has 0 amide bonds. The first kappa shape index (κ1) is 10.2. The van der Waals surface area contributed by atoms with Gasteiger partial charge in [0.2, 0.25) is 0 Å². The maximum absolute atomic E-state index is 3.60. The number of hydrogen-bond acceptors (Lipinski definition) is 1. The molecule has 0 saturated heterocycles. The van der Waals surface area contributed by atoms with Gasteiger partial charge in [-0.15, -0.1) is 0 Å². The van der Waals surface area contributed by atoms with Crippen LogP contribution in [0.3, 0.4) is 0 Å². The number of likely N-dealkylation sites (N-methyl/N-ethyl adjacent to an activating group) is 1. The zero-order valence-corrected chi connectivity index (χ0v) is 10.3. The first-order chi connectivity index (χ1) is 6.68. The average Bonchev–Trinajstić information content (AvgIpc) is 2.91. The molecule has 14 heavy (non-hydrogen) atoms. The van der Waals surface area contributed by atoms with E-state index in [1.165, 1.54) is 28.4 Å². The Morgan fingerprint density at radius 2 is 2.14 bits per heavy atom. The molecule has 1 aliphatic carbocycles. The summed E-state index contributed by atoms with van der Waals surface area (Å²) in [7, 11) is 2.03. The monoisotopic (exact) mass is 253 g/mol. The van der Waals surface area contributed by atoms with Crippen molar-refractivity contribution in [2.24, 2.45) is 0 Å². The third-order valence-electron chi connectivity index (χ3n) is 3.15. The van der Waals surface area contributed by atoms with Crippen molar-refractivity contribution in [2.45, 2.75) is 25.2 Å². The molecule has 0 atom stereocenters. The maximum atomic E-state index is 3.60. The molecule has 0 heterocycles. The van der Waals surface area contributed by atoms with Crippen molar-refractivity contribution in [3.05, 3.63) is 33.8 Å². The maximum Gasteiger partial charge on any atom is 0.0207 e. The van der Waals surface area contributed by atoms with E-state index in [9.17, 15) is 0 Å². The van der Waals surface area contributed by atoms with Crippen molar-refractivity contribution in [2.75, 3.05) is 13.6 Å². The quantitative estimate of drug-likeness (QED) is 0.874. The number of hydrogen-bond donors (Lipinski definition) is 1. The van der Waals surface area contributed by atoms with Crippen LogP contribution >= 0.6 is 15.9 Å². The van der Waals surface area contributed by atoms with Gasteiger partial charge in [0, 0.05) is 16.4 Å².